The highest BCUT2D eigenvalue weighted by Gasteiger charge is 2.10. The molecule has 0 aromatic heterocycles. The molecule has 0 saturated carbocycles. The van der Waals surface area contributed by atoms with Crippen molar-refractivity contribution in [1.82, 2.24) is 10.2 Å². The third kappa shape index (κ3) is 3.19. The summed E-state index contributed by atoms with van der Waals surface area (Å²) >= 11 is 0. The molecular formula is C10H19N3. The van der Waals surface area contributed by atoms with E-state index in [2.05, 4.69) is 21.3 Å². The molecule has 1 saturated heterocycles. The van der Waals surface area contributed by atoms with Gasteiger partial charge in [-0.2, -0.15) is 0 Å². The lowest BCUT2D eigenvalue weighted by molar-refractivity contribution is 0.296. The summed E-state index contributed by atoms with van der Waals surface area (Å²) in [5.41, 5.74) is 1.12. The van der Waals surface area contributed by atoms with Gasteiger partial charge in [0.05, 0.1) is 0 Å². The van der Waals surface area contributed by atoms with Gasteiger partial charge in [-0.15, -0.1) is 0 Å². The summed E-state index contributed by atoms with van der Waals surface area (Å²) in [5.74, 6) is 1.11. The van der Waals surface area contributed by atoms with Gasteiger partial charge in [0.25, 0.3) is 0 Å². The van der Waals surface area contributed by atoms with Crippen molar-refractivity contribution in [2.24, 2.45) is 4.99 Å². The Morgan fingerprint density at radius 2 is 1.92 bits per heavy atom. The average molecular weight is 181 g/mol. The summed E-state index contributed by atoms with van der Waals surface area (Å²) in [6.45, 7) is 10.4. The molecule has 3 heteroatoms. The van der Waals surface area contributed by atoms with Crippen LogP contribution in [0.3, 0.4) is 0 Å². The van der Waals surface area contributed by atoms with Crippen molar-refractivity contribution in [2.75, 3.05) is 26.2 Å². The van der Waals surface area contributed by atoms with Gasteiger partial charge in [0.1, 0.15) is 5.82 Å². The van der Waals surface area contributed by atoms with Crippen LogP contribution in [0.4, 0.5) is 0 Å². The Labute approximate surface area is 80.5 Å². The Kier molecular flexibility index (Phi) is 3.96. The average Bonchev–Trinajstić information content (AvgIpc) is 2.15. The molecule has 3 nitrogen and oxygen atoms in total. The van der Waals surface area contributed by atoms with Gasteiger partial charge in [0, 0.05) is 31.9 Å². The molecule has 0 aromatic rings. The van der Waals surface area contributed by atoms with Crippen LogP contribution < -0.4 is 5.32 Å². The minimum atomic E-state index is 1.07. The summed E-state index contributed by atoms with van der Waals surface area (Å²) < 4.78 is 0. The summed E-state index contributed by atoms with van der Waals surface area (Å²) in [5, 5.41) is 3.33. The van der Waals surface area contributed by atoms with Crippen LogP contribution in [0.2, 0.25) is 0 Å². The lowest BCUT2D eigenvalue weighted by Crippen LogP contribution is -2.42. The molecule has 0 aliphatic carbocycles. The zero-order chi connectivity index (χ0) is 9.68. The number of piperazine rings is 1. The molecule has 74 valence electrons. The van der Waals surface area contributed by atoms with Crippen molar-refractivity contribution in [3.05, 3.63) is 11.9 Å². The zero-order valence-corrected chi connectivity index (χ0v) is 8.80. The van der Waals surface area contributed by atoms with Crippen LogP contribution in [0.5, 0.6) is 0 Å². The number of hydrogen-bond acceptors (Lipinski definition) is 3. The molecule has 1 N–H and O–H groups in total. The fourth-order valence-electron chi connectivity index (χ4n) is 1.44. The molecule has 0 aromatic carbocycles. The number of aliphatic imine (C=N–C) groups is 1. The Morgan fingerprint density at radius 3 is 2.38 bits per heavy atom. The molecule has 1 aliphatic rings. The van der Waals surface area contributed by atoms with Crippen molar-refractivity contribution in [2.45, 2.75) is 20.8 Å². The Morgan fingerprint density at radius 1 is 1.31 bits per heavy atom. The van der Waals surface area contributed by atoms with Gasteiger partial charge in [0.15, 0.2) is 0 Å². The van der Waals surface area contributed by atoms with Crippen LogP contribution in [-0.4, -0.2) is 36.8 Å². The maximum absolute atomic E-state index is 4.50. The van der Waals surface area contributed by atoms with Gasteiger partial charge in [-0.1, -0.05) is 0 Å². The summed E-state index contributed by atoms with van der Waals surface area (Å²) in [6, 6.07) is 0. The monoisotopic (exact) mass is 181 g/mol. The first-order chi connectivity index (χ1) is 6.24. The minimum absolute atomic E-state index is 1.07. The lowest BCUT2D eigenvalue weighted by atomic mass is 10.3. The van der Waals surface area contributed by atoms with E-state index in [4.69, 9.17) is 0 Å². The molecule has 0 radical (unpaired) electrons. The van der Waals surface area contributed by atoms with E-state index < -0.39 is 0 Å². The van der Waals surface area contributed by atoms with E-state index in [1.165, 1.54) is 0 Å². The van der Waals surface area contributed by atoms with Gasteiger partial charge in [-0.05, 0) is 26.8 Å². The number of hydrogen-bond donors (Lipinski definition) is 1. The van der Waals surface area contributed by atoms with Crippen molar-refractivity contribution < 1.29 is 0 Å². The SMILES string of the molecule is C/C=C(\N=C(C)C)N1CCNCC1. The number of nitrogens with one attached hydrogen (secondary N) is 1. The second-order valence-corrected chi connectivity index (χ2v) is 3.44. The second kappa shape index (κ2) is 5.02. The Bertz CT molecular complexity index is 208. The molecule has 0 amide bonds. The molecule has 1 aliphatic heterocycles. The van der Waals surface area contributed by atoms with Crippen LogP contribution in [-0.2, 0) is 0 Å². The predicted octanol–water partition coefficient (Wildman–Crippen LogP) is 1.23. The molecule has 13 heavy (non-hydrogen) atoms. The van der Waals surface area contributed by atoms with Crippen molar-refractivity contribution in [3.8, 4) is 0 Å². The third-order valence-corrected chi connectivity index (χ3v) is 2.04. The second-order valence-electron chi connectivity index (χ2n) is 3.44. The largest absolute Gasteiger partial charge is 0.354 e. The topological polar surface area (TPSA) is 27.6 Å². The maximum atomic E-state index is 4.50. The van der Waals surface area contributed by atoms with E-state index in [0.29, 0.717) is 0 Å². The van der Waals surface area contributed by atoms with Gasteiger partial charge < -0.3 is 10.2 Å². The third-order valence-electron chi connectivity index (χ3n) is 2.04. The van der Waals surface area contributed by atoms with E-state index in [-0.39, 0.29) is 0 Å². The molecule has 1 fully saturated rings. The van der Waals surface area contributed by atoms with Crippen LogP contribution in [0.1, 0.15) is 20.8 Å². The molecule has 1 rings (SSSR count). The number of allylic oxidation sites excluding steroid dienone is 1. The van der Waals surface area contributed by atoms with E-state index in [0.717, 1.165) is 37.7 Å². The molecule has 0 atom stereocenters. The first kappa shape index (κ1) is 10.3. The van der Waals surface area contributed by atoms with E-state index in [1.54, 1.807) is 0 Å². The standard InChI is InChI=1S/C10H19N3/c1-4-10(12-9(2)3)13-7-5-11-6-8-13/h4,11H,5-8H2,1-3H3/b10-4+. The van der Waals surface area contributed by atoms with Gasteiger partial charge >= 0.3 is 0 Å². The fraction of sp³-hybridized carbons (Fsp3) is 0.700. The minimum Gasteiger partial charge on any atom is -0.354 e. The van der Waals surface area contributed by atoms with Crippen molar-refractivity contribution in [3.63, 3.8) is 0 Å². The normalized spacial score (nSPS) is 18.7. The highest BCUT2D eigenvalue weighted by atomic mass is 15.3. The first-order valence-corrected chi connectivity index (χ1v) is 4.88. The Hall–Kier alpha value is -0.830. The maximum Gasteiger partial charge on any atom is 0.124 e. The molecule has 0 bridgehead atoms. The zero-order valence-electron chi connectivity index (χ0n) is 8.80. The molecule has 0 unspecified atom stereocenters. The first-order valence-electron chi connectivity index (χ1n) is 4.88. The highest BCUT2D eigenvalue weighted by molar-refractivity contribution is 5.80. The van der Waals surface area contributed by atoms with E-state index >= 15 is 0 Å². The number of rotatable bonds is 2. The smallest absolute Gasteiger partial charge is 0.124 e. The van der Waals surface area contributed by atoms with E-state index in [9.17, 15) is 0 Å². The molecule has 0 spiro atoms. The summed E-state index contributed by atoms with van der Waals surface area (Å²) in [6.07, 6.45) is 2.08. The van der Waals surface area contributed by atoms with Crippen molar-refractivity contribution in [1.29, 1.82) is 0 Å². The highest BCUT2D eigenvalue weighted by Crippen LogP contribution is 2.07. The van der Waals surface area contributed by atoms with Crippen LogP contribution in [0.15, 0.2) is 16.9 Å². The Balaban J connectivity index is 2.60. The summed E-state index contributed by atoms with van der Waals surface area (Å²) in [4.78, 5) is 6.82. The van der Waals surface area contributed by atoms with Gasteiger partial charge in [-0.25, -0.2) is 4.99 Å². The van der Waals surface area contributed by atoms with Crippen molar-refractivity contribution >= 4 is 5.71 Å². The summed E-state index contributed by atoms with van der Waals surface area (Å²) in [7, 11) is 0. The fourth-order valence-corrected chi connectivity index (χ4v) is 1.44. The van der Waals surface area contributed by atoms with Crippen LogP contribution in [0.25, 0.3) is 0 Å². The predicted molar refractivity (Wildman–Crippen MR) is 57.0 cm³/mol. The number of nitrogens with zero attached hydrogens (tertiary/aromatic N) is 2. The van der Waals surface area contributed by atoms with Crippen LogP contribution >= 0.6 is 0 Å². The lowest BCUT2D eigenvalue weighted by Gasteiger charge is -2.29. The molecular weight excluding hydrogens is 162 g/mol. The van der Waals surface area contributed by atoms with Gasteiger partial charge in [0.2, 0.25) is 0 Å². The van der Waals surface area contributed by atoms with E-state index in [1.807, 2.05) is 20.8 Å². The van der Waals surface area contributed by atoms with Crippen LogP contribution in [0, 0.1) is 0 Å². The molecule has 1 heterocycles. The quantitative estimate of drug-likeness (QED) is 0.649. The van der Waals surface area contributed by atoms with Gasteiger partial charge in [-0.3, -0.25) is 0 Å².